The Morgan fingerprint density at radius 2 is 1.73 bits per heavy atom. The predicted molar refractivity (Wildman–Crippen MR) is 126 cm³/mol. The molecule has 33 heavy (non-hydrogen) atoms. The Bertz CT molecular complexity index is 1140. The van der Waals surface area contributed by atoms with Crippen LogP contribution in [0, 0.1) is 0 Å². The molecule has 0 radical (unpaired) electrons. The Balaban J connectivity index is 1.43. The van der Waals surface area contributed by atoms with Crippen LogP contribution in [0.5, 0.6) is 0 Å². The number of amides is 2. The summed E-state index contributed by atoms with van der Waals surface area (Å²) in [6, 6.07) is 12.2. The number of carbonyl (C=O) groups excluding carboxylic acids is 2. The summed E-state index contributed by atoms with van der Waals surface area (Å²) in [6.45, 7) is 4.64. The number of nitrogens with one attached hydrogen (secondary N) is 1. The number of benzene rings is 2. The number of sulfonamides is 1. The maximum absolute atomic E-state index is 13.0. The molecule has 8 nitrogen and oxygen atoms in total. The van der Waals surface area contributed by atoms with E-state index in [9.17, 15) is 18.0 Å². The van der Waals surface area contributed by atoms with Gasteiger partial charge < -0.3 is 14.5 Å². The van der Waals surface area contributed by atoms with Gasteiger partial charge in [-0.05, 0) is 48.2 Å². The summed E-state index contributed by atoms with van der Waals surface area (Å²) in [5.74, 6) is -0.160. The molecule has 2 aromatic rings. The molecular formula is C24H29N3O5S. The van der Waals surface area contributed by atoms with Gasteiger partial charge in [0.1, 0.15) is 0 Å². The third-order valence-corrected chi connectivity index (χ3v) is 7.48. The number of hydrogen-bond donors (Lipinski definition) is 1. The van der Waals surface area contributed by atoms with E-state index in [-0.39, 0.29) is 29.6 Å². The van der Waals surface area contributed by atoms with Crippen LogP contribution < -0.4 is 9.62 Å². The molecule has 2 aliphatic heterocycles. The summed E-state index contributed by atoms with van der Waals surface area (Å²) in [6.07, 6.45) is 1.59. The molecule has 0 bridgehead atoms. The van der Waals surface area contributed by atoms with E-state index < -0.39 is 10.0 Å². The van der Waals surface area contributed by atoms with Gasteiger partial charge >= 0.3 is 0 Å². The minimum Gasteiger partial charge on any atom is -0.378 e. The summed E-state index contributed by atoms with van der Waals surface area (Å²) in [7, 11) is -3.75. The number of aryl methyl sites for hydroxylation is 1. The highest BCUT2D eigenvalue weighted by molar-refractivity contribution is 7.92. The van der Waals surface area contributed by atoms with Gasteiger partial charge in [0.15, 0.2) is 0 Å². The third-order valence-electron chi connectivity index (χ3n) is 6.12. The van der Waals surface area contributed by atoms with Crippen molar-refractivity contribution in [1.82, 2.24) is 4.90 Å². The van der Waals surface area contributed by atoms with Crippen molar-refractivity contribution in [1.29, 1.82) is 0 Å². The van der Waals surface area contributed by atoms with Gasteiger partial charge in [-0.25, -0.2) is 8.42 Å². The highest BCUT2D eigenvalue weighted by Gasteiger charge is 2.28. The highest BCUT2D eigenvalue weighted by atomic mass is 32.2. The van der Waals surface area contributed by atoms with Gasteiger partial charge in [-0.15, -0.1) is 0 Å². The third kappa shape index (κ3) is 5.20. The molecule has 0 aromatic heterocycles. The van der Waals surface area contributed by atoms with Crippen molar-refractivity contribution in [3.8, 4) is 0 Å². The van der Waals surface area contributed by atoms with Gasteiger partial charge in [-0.2, -0.15) is 0 Å². The van der Waals surface area contributed by atoms with E-state index in [1.807, 2.05) is 19.1 Å². The number of fused-ring (bicyclic) bond motifs is 1. The van der Waals surface area contributed by atoms with Crippen molar-refractivity contribution in [3.63, 3.8) is 0 Å². The molecule has 2 heterocycles. The molecular weight excluding hydrogens is 442 g/mol. The minimum atomic E-state index is -3.75. The second-order valence-electron chi connectivity index (χ2n) is 8.20. The van der Waals surface area contributed by atoms with E-state index in [2.05, 4.69) is 4.72 Å². The van der Waals surface area contributed by atoms with Gasteiger partial charge in [-0.1, -0.05) is 25.1 Å². The van der Waals surface area contributed by atoms with Crippen LogP contribution in [0.25, 0.3) is 0 Å². The van der Waals surface area contributed by atoms with Crippen LogP contribution in [0.4, 0.5) is 11.4 Å². The SMILES string of the molecule is CCc1ccccc1NS(=O)(=O)c1ccc2c(c1)CCN2C(=O)CCC(=O)N1CCOCC1. The van der Waals surface area contributed by atoms with E-state index in [4.69, 9.17) is 4.74 Å². The molecule has 1 saturated heterocycles. The van der Waals surface area contributed by atoms with Crippen LogP contribution in [0.2, 0.25) is 0 Å². The first-order valence-corrected chi connectivity index (χ1v) is 12.8. The molecule has 0 unspecified atom stereocenters. The average molecular weight is 472 g/mol. The van der Waals surface area contributed by atoms with Crippen molar-refractivity contribution < 1.29 is 22.7 Å². The zero-order valence-corrected chi connectivity index (χ0v) is 19.6. The highest BCUT2D eigenvalue weighted by Crippen LogP contribution is 2.32. The lowest BCUT2D eigenvalue weighted by atomic mass is 10.1. The molecule has 1 fully saturated rings. The Labute approximate surface area is 194 Å². The molecule has 2 aliphatic rings. The van der Waals surface area contributed by atoms with Crippen LogP contribution in [0.1, 0.15) is 30.9 Å². The fourth-order valence-electron chi connectivity index (χ4n) is 4.26. The largest absolute Gasteiger partial charge is 0.378 e. The van der Waals surface area contributed by atoms with Gasteiger partial charge in [-0.3, -0.25) is 14.3 Å². The van der Waals surface area contributed by atoms with Crippen molar-refractivity contribution in [2.24, 2.45) is 0 Å². The predicted octanol–water partition coefficient (Wildman–Crippen LogP) is 2.58. The minimum absolute atomic E-state index is 0.0362. The molecule has 9 heteroatoms. The lowest BCUT2D eigenvalue weighted by Crippen LogP contribution is -2.41. The lowest BCUT2D eigenvalue weighted by Gasteiger charge is -2.27. The standard InChI is InChI=1S/C24H29N3O5S/c1-2-18-5-3-4-6-21(18)25-33(30,31)20-7-8-22-19(17-20)11-12-27(22)24(29)10-9-23(28)26-13-15-32-16-14-26/h3-8,17,25H,2,9-16H2,1H3. The maximum Gasteiger partial charge on any atom is 0.261 e. The summed E-state index contributed by atoms with van der Waals surface area (Å²) in [4.78, 5) is 28.7. The quantitative estimate of drug-likeness (QED) is 0.670. The number of hydrogen-bond acceptors (Lipinski definition) is 5. The van der Waals surface area contributed by atoms with Gasteiger partial charge in [0.05, 0.1) is 23.8 Å². The average Bonchev–Trinajstić information content (AvgIpc) is 3.26. The Morgan fingerprint density at radius 3 is 2.48 bits per heavy atom. The van der Waals surface area contributed by atoms with E-state index in [0.29, 0.717) is 57.1 Å². The van der Waals surface area contributed by atoms with E-state index >= 15 is 0 Å². The molecule has 2 aromatic carbocycles. The Morgan fingerprint density at radius 1 is 1.00 bits per heavy atom. The van der Waals surface area contributed by atoms with Crippen molar-refractivity contribution in [2.75, 3.05) is 42.5 Å². The van der Waals surface area contributed by atoms with Crippen LogP contribution in [0.3, 0.4) is 0 Å². The number of carbonyl (C=O) groups is 2. The van der Waals surface area contributed by atoms with Crippen LogP contribution in [0.15, 0.2) is 47.4 Å². The normalized spacial score (nSPS) is 15.9. The molecule has 0 saturated carbocycles. The van der Waals surface area contributed by atoms with Crippen molar-refractivity contribution in [3.05, 3.63) is 53.6 Å². The summed E-state index contributed by atoms with van der Waals surface area (Å²) in [5, 5.41) is 0. The van der Waals surface area contributed by atoms with E-state index in [0.717, 1.165) is 11.1 Å². The first kappa shape index (κ1) is 23.3. The number of rotatable bonds is 7. The smallest absolute Gasteiger partial charge is 0.261 e. The molecule has 2 amide bonds. The first-order valence-electron chi connectivity index (χ1n) is 11.3. The zero-order chi connectivity index (χ0) is 23.4. The Hall–Kier alpha value is -2.91. The van der Waals surface area contributed by atoms with Gasteiger partial charge in [0.2, 0.25) is 11.8 Å². The van der Waals surface area contributed by atoms with Crippen molar-refractivity contribution in [2.45, 2.75) is 37.5 Å². The first-order chi connectivity index (χ1) is 15.9. The molecule has 176 valence electrons. The fourth-order valence-corrected chi connectivity index (χ4v) is 5.41. The number of ether oxygens (including phenoxy) is 1. The van der Waals surface area contributed by atoms with E-state index in [1.165, 1.54) is 6.07 Å². The topological polar surface area (TPSA) is 96.0 Å². The molecule has 1 N–H and O–H groups in total. The molecule has 4 rings (SSSR count). The molecule has 0 atom stereocenters. The van der Waals surface area contributed by atoms with Crippen molar-refractivity contribution >= 4 is 33.2 Å². The second-order valence-corrected chi connectivity index (χ2v) is 9.88. The second kappa shape index (κ2) is 9.93. The Kier molecular flexibility index (Phi) is 6.99. The molecule has 0 spiro atoms. The zero-order valence-electron chi connectivity index (χ0n) is 18.7. The van der Waals surface area contributed by atoms with Crippen LogP contribution >= 0.6 is 0 Å². The van der Waals surface area contributed by atoms with E-state index in [1.54, 1.807) is 34.1 Å². The lowest BCUT2D eigenvalue weighted by molar-refractivity contribution is -0.136. The van der Waals surface area contributed by atoms with Gasteiger partial charge in [0.25, 0.3) is 10.0 Å². The number of nitrogens with zero attached hydrogens (tertiary/aromatic N) is 2. The monoisotopic (exact) mass is 471 g/mol. The number of anilines is 2. The fraction of sp³-hybridized carbons (Fsp3) is 0.417. The number of para-hydroxylation sites is 1. The van der Waals surface area contributed by atoms with Crippen LogP contribution in [-0.2, 0) is 37.2 Å². The summed E-state index contributed by atoms with van der Waals surface area (Å²) in [5.41, 5.74) is 3.02. The maximum atomic E-state index is 13.0. The summed E-state index contributed by atoms with van der Waals surface area (Å²) >= 11 is 0. The number of morpholine rings is 1. The van der Waals surface area contributed by atoms with Gasteiger partial charge in [0, 0.05) is 38.2 Å². The van der Waals surface area contributed by atoms with Crippen LogP contribution in [-0.4, -0.2) is 58.0 Å². The molecule has 0 aliphatic carbocycles. The summed E-state index contributed by atoms with van der Waals surface area (Å²) < 4.78 is 33.9.